The fourth-order valence-corrected chi connectivity index (χ4v) is 4.21. The first-order valence-corrected chi connectivity index (χ1v) is 10.1. The van der Waals surface area contributed by atoms with Crippen LogP contribution in [0.15, 0.2) is 59.5 Å². The van der Waals surface area contributed by atoms with Crippen LogP contribution in [0.3, 0.4) is 0 Å². The Morgan fingerprint density at radius 1 is 0.957 bits per heavy atom. The summed E-state index contributed by atoms with van der Waals surface area (Å²) >= 11 is 1.83. The Hall–Kier alpha value is -1.67. The lowest BCUT2D eigenvalue weighted by Gasteiger charge is -2.06. The van der Waals surface area contributed by atoms with E-state index in [4.69, 9.17) is 4.74 Å². The van der Waals surface area contributed by atoms with E-state index in [0.29, 0.717) is 5.57 Å². The van der Waals surface area contributed by atoms with E-state index in [2.05, 4.69) is 0 Å². The Labute approximate surface area is 148 Å². The number of halogens is 1. The second-order valence-corrected chi connectivity index (χ2v) is 8.83. The van der Waals surface area contributed by atoms with Gasteiger partial charge in [0.05, 0.1) is 10.5 Å². The number of benzene rings is 2. The van der Waals surface area contributed by atoms with Crippen LogP contribution in [-0.2, 0) is 19.4 Å². The van der Waals surface area contributed by atoms with Crippen molar-refractivity contribution in [2.24, 2.45) is 0 Å². The van der Waals surface area contributed by atoms with Crippen LogP contribution >= 0.6 is 22.6 Å². The van der Waals surface area contributed by atoms with E-state index >= 15 is 0 Å². The zero-order valence-electron chi connectivity index (χ0n) is 12.0. The standard InChI is InChI=1S/C17H13IO4S/c18-11-23(20,21)14-8-6-12(7-9-14)15-10-22-17(19)16(15)13-4-2-1-3-5-13/h1-9H,10-11H2. The minimum absolute atomic E-state index is 0.0314. The first kappa shape index (κ1) is 16.2. The van der Waals surface area contributed by atoms with E-state index in [0.717, 1.165) is 16.7 Å². The lowest BCUT2D eigenvalue weighted by atomic mass is 9.97. The summed E-state index contributed by atoms with van der Waals surface area (Å²) in [5.74, 6) is -0.352. The van der Waals surface area contributed by atoms with E-state index in [1.165, 1.54) is 0 Å². The minimum atomic E-state index is -3.24. The van der Waals surface area contributed by atoms with Gasteiger partial charge < -0.3 is 4.74 Å². The predicted molar refractivity (Wildman–Crippen MR) is 96.7 cm³/mol. The van der Waals surface area contributed by atoms with E-state index in [9.17, 15) is 13.2 Å². The largest absolute Gasteiger partial charge is 0.457 e. The summed E-state index contributed by atoms with van der Waals surface area (Å²) < 4.78 is 29.0. The van der Waals surface area contributed by atoms with Crippen molar-refractivity contribution < 1.29 is 17.9 Å². The summed E-state index contributed by atoms with van der Waals surface area (Å²) in [5.41, 5.74) is 2.91. The Kier molecular flexibility index (Phi) is 4.54. The second-order valence-electron chi connectivity index (χ2n) is 5.04. The van der Waals surface area contributed by atoms with Gasteiger partial charge in [0.25, 0.3) is 0 Å². The zero-order chi connectivity index (χ0) is 16.4. The van der Waals surface area contributed by atoms with Crippen LogP contribution < -0.4 is 0 Å². The van der Waals surface area contributed by atoms with E-state index < -0.39 is 9.84 Å². The quantitative estimate of drug-likeness (QED) is 0.416. The molecule has 23 heavy (non-hydrogen) atoms. The molecule has 0 unspecified atom stereocenters. The SMILES string of the molecule is O=C1OCC(c2ccc(S(=O)(=O)CI)cc2)=C1c1ccccc1. The number of cyclic esters (lactones) is 1. The first-order valence-electron chi connectivity index (χ1n) is 6.88. The molecule has 0 saturated heterocycles. The molecule has 1 aliphatic heterocycles. The van der Waals surface area contributed by atoms with Crippen LogP contribution in [0.2, 0.25) is 0 Å². The van der Waals surface area contributed by atoms with Crippen molar-refractivity contribution in [1.29, 1.82) is 0 Å². The van der Waals surface area contributed by atoms with Gasteiger partial charge in [0.1, 0.15) is 10.4 Å². The maximum Gasteiger partial charge on any atom is 0.339 e. The molecule has 2 aromatic carbocycles. The number of carbonyl (C=O) groups is 1. The normalized spacial score (nSPS) is 14.9. The third-order valence-electron chi connectivity index (χ3n) is 3.62. The number of hydrogen-bond donors (Lipinski definition) is 0. The van der Waals surface area contributed by atoms with Gasteiger partial charge in [-0.05, 0) is 23.3 Å². The van der Waals surface area contributed by atoms with Crippen molar-refractivity contribution >= 4 is 49.5 Å². The number of hydrogen-bond acceptors (Lipinski definition) is 4. The average molecular weight is 440 g/mol. The third kappa shape index (κ3) is 3.18. The number of sulfone groups is 1. The van der Waals surface area contributed by atoms with Crippen molar-refractivity contribution in [2.45, 2.75) is 4.90 Å². The van der Waals surface area contributed by atoms with Gasteiger partial charge in [-0.3, -0.25) is 0 Å². The fraction of sp³-hybridized carbons (Fsp3) is 0.118. The molecule has 0 bridgehead atoms. The number of esters is 1. The van der Waals surface area contributed by atoms with Gasteiger partial charge in [0.15, 0.2) is 9.84 Å². The highest BCUT2D eigenvalue weighted by atomic mass is 127. The topological polar surface area (TPSA) is 60.4 Å². The van der Waals surface area contributed by atoms with Gasteiger partial charge in [-0.15, -0.1) is 0 Å². The van der Waals surface area contributed by atoms with Gasteiger partial charge in [0.2, 0.25) is 0 Å². The second kappa shape index (κ2) is 6.45. The monoisotopic (exact) mass is 440 g/mol. The fourth-order valence-electron chi connectivity index (χ4n) is 2.46. The van der Waals surface area contributed by atoms with Gasteiger partial charge in [-0.2, -0.15) is 0 Å². The highest BCUT2D eigenvalue weighted by Gasteiger charge is 2.27. The Bertz CT molecular complexity index is 869. The third-order valence-corrected chi connectivity index (χ3v) is 7.36. The molecule has 1 aliphatic rings. The molecule has 0 radical (unpaired) electrons. The van der Waals surface area contributed by atoms with Gasteiger partial charge in [0, 0.05) is 5.57 Å². The molecule has 0 saturated carbocycles. The minimum Gasteiger partial charge on any atom is -0.457 e. The molecule has 3 rings (SSSR count). The number of alkyl halides is 1. The highest BCUT2D eigenvalue weighted by Crippen LogP contribution is 2.33. The molecule has 0 N–H and O–H groups in total. The smallest absolute Gasteiger partial charge is 0.339 e. The summed E-state index contributed by atoms with van der Waals surface area (Å²) in [6.07, 6.45) is 0. The number of ether oxygens (including phenoxy) is 1. The van der Waals surface area contributed by atoms with Crippen molar-refractivity contribution in [1.82, 2.24) is 0 Å². The summed E-state index contributed by atoms with van der Waals surface area (Å²) in [5, 5.41) is 0. The molecular weight excluding hydrogens is 427 g/mol. The van der Waals surface area contributed by atoms with E-state index in [1.807, 2.05) is 52.9 Å². The lowest BCUT2D eigenvalue weighted by molar-refractivity contribution is -0.133. The molecule has 1 heterocycles. The van der Waals surface area contributed by atoms with Crippen LogP contribution in [0.25, 0.3) is 11.1 Å². The average Bonchev–Trinajstić information content (AvgIpc) is 2.97. The first-order chi connectivity index (χ1) is 11.0. The highest BCUT2D eigenvalue weighted by molar-refractivity contribution is 14.1. The molecule has 2 aromatic rings. The summed E-state index contributed by atoms with van der Waals surface area (Å²) in [6.45, 7) is 0.196. The number of rotatable bonds is 4. The lowest BCUT2D eigenvalue weighted by Crippen LogP contribution is -2.01. The van der Waals surface area contributed by atoms with Crippen LogP contribution in [0.1, 0.15) is 11.1 Å². The summed E-state index contributed by atoms with van der Waals surface area (Å²) in [4.78, 5) is 12.3. The molecule has 0 aliphatic carbocycles. The van der Waals surface area contributed by atoms with Gasteiger partial charge in [-0.1, -0.05) is 65.1 Å². The molecule has 4 nitrogen and oxygen atoms in total. The Morgan fingerprint density at radius 3 is 2.22 bits per heavy atom. The van der Waals surface area contributed by atoms with E-state index in [-0.39, 0.29) is 21.2 Å². The van der Waals surface area contributed by atoms with E-state index in [1.54, 1.807) is 24.3 Å². The predicted octanol–water partition coefficient (Wildman–Crippen LogP) is 3.32. The molecule has 0 amide bonds. The molecule has 0 atom stereocenters. The Morgan fingerprint density at radius 2 is 1.61 bits per heavy atom. The summed E-state index contributed by atoms with van der Waals surface area (Å²) in [6, 6.07) is 15.9. The van der Waals surface area contributed by atoms with Crippen molar-refractivity contribution in [3.8, 4) is 0 Å². The van der Waals surface area contributed by atoms with Crippen molar-refractivity contribution in [2.75, 3.05) is 10.4 Å². The van der Waals surface area contributed by atoms with Crippen LogP contribution in [0.5, 0.6) is 0 Å². The van der Waals surface area contributed by atoms with Crippen LogP contribution in [0, 0.1) is 0 Å². The molecule has 118 valence electrons. The molecular formula is C17H13IO4S. The number of carbonyl (C=O) groups excluding carboxylic acids is 1. The molecule has 0 spiro atoms. The maximum absolute atomic E-state index is 12.1. The molecule has 6 heteroatoms. The van der Waals surface area contributed by atoms with Gasteiger partial charge in [-0.25, -0.2) is 13.2 Å². The van der Waals surface area contributed by atoms with Crippen LogP contribution in [-0.4, -0.2) is 24.8 Å². The molecule has 0 fully saturated rings. The zero-order valence-corrected chi connectivity index (χ0v) is 15.0. The van der Waals surface area contributed by atoms with Gasteiger partial charge >= 0.3 is 5.97 Å². The molecule has 0 aromatic heterocycles. The van der Waals surface area contributed by atoms with Crippen LogP contribution in [0.4, 0.5) is 0 Å². The summed E-state index contributed by atoms with van der Waals surface area (Å²) in [7, 11) is -3.24. The maximum atomic E-state index is 12.1. The van der Waals surface area contributed by atoms with Crippen molar-refractivity contribution in [3.05, 3.63) is 65.7 Å². The Balaban J connectivity index is 2.06. The van der Waals surface area contributed by atoms with Crippen molar-refractivity contribution in [3.63, 3.8) is 0 Å².